The molecular formula is C13H19IN2O2. The molecule has 0 aromatic carbocycles. The molecule has 0 aliphatic carbocycles. The summed E-state index contributed by atoms with van der Waals surface area (Å²) in [4.78, 5) is 18.5. The summed E-state index contributed by atoms with van der Waals surface area (Å²) in [5, 5.41) is 0. The first kappa shape index (κ1) is 13.8. The number of halogens is 1. The van der Waals surface area contributed by atoms with Crippen LogP contribution >= 0.6 is 22.6 Å². The Morgan fingerprint density at radius 1 is 1.56 bits per heavy atom. The van der Waals surface area contributed by atoms with E-state index in [4.69, 9.17) is 4.74 Å². The van der Waals surface area contributed by atoms with Crippen molar-refractivity contribution in [3.8, 4) is 0 Å². The summed E-state index contributed by atoms with van der Waals surface area (Å²) in [6.45, 7) is 6.46. The molecule has 5 heteroatoms. The molecule has 0 radical (unpaired) electrons. The second kappa shape index (κ2) is 5.19. The quantitative estimate of drug-likeness (QED) is 0.529. The van der Waals surface area contributed by atoms with E-state index < -0.39 is 5.60 Å². The molecule has 2 aliphatic heterocycles. The number of aliphatic imine (C=N–C) groups is 1. The molecule has 0 N–H and O–H groups in total. The summed E-state index contributed by atoms with van der Waals surface area (Å²) in [7, 11) is 0. The zero-order valence-corrected chi connectivity index (χ0v) is 13.2. The molecule has 0 unspecified atom stereocenters. The normalized spacial score (nSPS) is 24.0. The van der Waals surface area contributed by atoms with Crippen LogP contribution in [0.5, 0.6) is 0 Å². The van der Waals surface area contributed by atoms with E-state index in [2.05, 4.69) is 33.7 Å². The van der Waals surface area contributed by atoms with Gasteiger partial charge in [-0.05, 0) is 62.3 Å². The third kappa shape index (κ3) is 3.24. The van der Waals surface area contributed by atoms with Gasteiger partial charge in [-0.3, -0.25) is 4.90 Å². The van der Waals surface area contributed by atoms with Crippen molar-refractivity contribution in [3.05, 3.63) is 9.78 Å². The third-order valence-corrected chi connectivity index (χ3v) is 3.68. The van der Waals surface area contributed by atoms with E-state index in [9.17, 15) is 4.79 Å². The SMILES string of the molecule is CC(C)(C)OC(=O)N1CCC[C@H]1C1=NC(I)=CC1. The van der Waals surface area contributed by atoms with Crippen molar-refractivity contribution in [3.63, 3.8) is 0 Å². The van der Waals surface area contributed by atoms with Crippen molar-refractivity contribution >= 4 is 34.4 Å². The summed E-state index contributed by atoms with van der Waals surface area (Å²) in [5.74, 6) is 0. The molecule has 1 saturated heterocycles. The molecule has 2 heterocycles. The van der Waals surface area contributed by atoms with E-state index in [1.54, 1.807) is 0 Å². The Morgan fingerprint density at radius 2 is 2.28 bits per heavy atom. The molecule has 2 aliphatic rings. The van der Waals surface area contributed by atoms with Gasteiger partial charge in [0, 0.05) is 18.7 Å². The van der Waals surface area contributed by atoms with Crippen molar-refractivity contribution in [2.75, 3.05) is 6.54 Å². The van der Waals surface area contributed by atoms with E-state index in [1.165, 1.54) is 0 Å². The van der Waals surface area contributed by atoms with E-state index >= 15 is 0 Å². The van der Waals surface area contributed by atoms with Crippen LogP contribution in [0.1, 0.15) is 40.0 Å². The fourth-order valence-electron chi connectivity index (χ4n) is 2.28. The second-order valence-electron chi connectivity index (χ2n) is 5.67. The molecule has 4 nitrogen and oxygen atoms in total. The van der Waals surface area contributed by atoms with Gasteiger partial charge in [0.25, 0.3) is 0 Å². The predicted molar refractivity (Wildman–Crippen MR) is 80.1 cm³/mol. The van der Waals surface area contributed by atoms with Crippen molar-refractivity contribution < 1.29 is 9.53 Å². The standard InChI is InChI=1S/C13H19IN2O2/c1-13(2,3)18-12(17)16-8-4-5-10(16)9-6-7-11(14)15-9/h7,10H,4-6,8H2,1-3H3/t10-/m0/s1. The van der Waals surface area contributed by atoms with Crippen LogP contribution in [0.3, 0.4) is 0 Å². The van der Waals surface area contributed by atoms with Crippen LogP contribution < -0.4 is 0 Å². The first-order valence-corrected chi connectivity index (χ1v) is 7.37. The minimum absolute atomic E-state index is 0.128. The molecule has 0 aromatic heterocycles. The van der Waals surface area contributed by atoms with Gasteiger partial charge in [-0.25, -0.2) is 9.79 Å². The lowest BCUT2D eigenvalue weighted by atomic mass is 10.1. The zero-order chi connectivity index (χ0) is 13.3. The van der Waals surface area contributed by atoms with Crippen LogP contribution in [-0.2, 0) is 4.74 Å². The Balaban J connectivity index is 2.04. The first-order valence-electron chi connectivity index (χ1n) is 6.29. The molecule has 0 bridgehead atoms. The van der Waals surface area contributed by atoms with Crippen molar-refractivity contribution in [2.24, 2.45) is 4.99 Å². The number of ether oxygens (including phenoxy) is 1. The maximum atomic E-state index is 12.1. The summed E-state index contributed by atoms with van der Waals surface area (Å²) in [6, 6.07) is 0.128. The number of likely N-dealkylation sites (tertiary alicyclic amines) is 1. The van der Waals surface area contributed by atoms with Crippen molar-refractivity contribution in [2.45, 2.75) is 51.7 Å². The van der Waals surface area contributed by atoms with Crippen molar-refractivity contribution in [1.82, 2.24) is 4.90 Å². The van der Waals surface area contributed by atoms with Crippen LogP contribution in [0.25, 0.3) is 0 Å². The average molecular weight is 362 g/mol. The van der Waals surface area contributed by atoms with Gasteiger partial charge < -0.3 is 4.74 Å². The molecule has 0 aromatic rings. The maximum Gasteiger partial charge on any atom is 0.410 e. The summed E-state index contributed by atoms with van der Waals surface area (Å²) in [5.41, 5.74) is 0.664. The molecule has 100 valence electrons. The van der Waals surface area contributed by atoms with Crippen LogP contribution in [0.4, 0.5) is 4.79 Å². The van der Waals surface area contributed by atoms with E-state index in [0.29, 0.717) is 0 Å². The summed E-state index contributed by atoms with van der Waals surface area (Å²) in [6.07, 6.45) is 4.77. The molecule has 1 fully saturated rings. The Bertz CT molecular complexity index is 410. The van der Waals surface area contributed by atoms with Gasteiger partial charge in [0.15, 0.2) is 0 Å². The topological polar surface area (TPSA) is 41.9 Å². The van der Waals surface area contributed by atoms with Crippen LogP contribution in [0.2, 0.25) is 0 Å². The average Bonchev–Trinajstić information content (AvgIpc) is 2.81. The van der Waals surface area contributed by atoms with Gasteiger partial charge >= 0.3 is 6.09 Å². The second-order valence-corrected chi connectivity index (χ2v) is 6.77. The Hall–Kier alpha value is -0.590. The van der Waals surface area contributed by atoms with Crippen molar-refractivity contribution in [1.29, 1.82) is 0 Å². The minimum Gasteiger partial charge on any atom is -0.444 e. The predicted octanol–water partition coefficient (Wildman–Crippen LogP) is 3.51. The number of allylic oxidation sites excluding steroid dienone is 1. The maximum absolute atomic E-state index is 12.1. The smallest absolute Gasteiger partial charge is 0.410 e. The lowest BCUT2D eigenvalue weighted by Gasteiger charge is -2.28. The fourth-order valence-corrected chi connectivity index (χ4v) is 2.81. The number of hydrogen-bond acceptors (Lipinski definition) is 3. The van der Waals surface area contributed by atoms with Crippen LogP contribution in [0.15, 0.2) is 14.8 Å². The molecule has 0 spiro atoms. The highest BCUT2D eigenvalue weighted by atomic mass is 127. The van der Waals surface area contributed by atoms with Gasteiger partial charge in [0.1, 0.15) is 5.60 Å². The molecule has 0 saturated carbocycles. The zero-order valence-electron chi connectivity index (χ0n) is 11.1. The van der Waals surface area contributed by atoms with Crippen LogP contribution in [-0.4, -0.2) is 34.9 Å². The summed E-state index contributed by atoms with van der Waals surface area (Å²) < 4.78 is 6.48. The fraction of sp³-hybridized carbons (Fsp3) is 0.692. The highest BCUT2D eigenvalue weighted by Crippen LogP contribution is 2.27. The Kier molecular flexibility index (Phi) is 3.99. The Morgan fingerprint density at radius 3 is 2.83 bits per heavy atom. The summed E-state index contributed by atoms with van der Waals surface area (Å²) >= 11 is 2.22. The highest BCUT2D eigenvalue weighted by Gasteiger charge is 2.35. The third-order valence-electron chi connectivity index (χ3n) is 3.00. The van der Waals surface area contributed by atoms with Gasteiger partial charge in [0.2, 0.25) is 0 Å². The largest absolute Gasteiger partial charge is 0.444 e. The van der Waals surface area contributed by atoms with E-state index in [-0.39, 0.29) is 12.1 Å². The Labute approximate surface area is 122 Å². The monoisotopic (exact) mass is 362 g/mol. The molecule has 2 rings (SSSR count). The number of rotatable bonds is 1. The number of carbonyl (C=O) groups is 1. The minimum atomic E-state index is -0.436. The highest BCUT2D eigenvalue weighted by molar-refractivity contribution is 14.1. The van der Waals surface area contributed by atoms with Gasteiger partial charge in [-0.15, -0.1) is 0 Å². The first-order chi connectivity index (χ1) is 8.37. The molecule has 18 heavy (non-hydrogen) atoms. The van der Waals surface area contributed by atoms with Gasteiger partial charge in [-0.1, -0.05) is 0 Å². The van der Waals surface area contributed by atoms with Gasteiger partial charge in [0.05, 0.1) is 9.75 Å². The lowest BCUT2D eigenvalue weighted by molar-refractivity contribution is 0.0265. The molecule has 1 amide bonds. The number of amides is 1. The lowest BCUT2D eigenvalue weighted by Crippen LogP contribution is -2.43. The number of carbonyl (C=O) groups excluding carboxylic acids is 1. The van der Waals surface area contributed by atoms with E-state index in [0.717, 1.165) is 35.2 Å². The van der Waals surface area contributed by atoms with Crippen LogP contribution in [0, 0.1) is 0 Å². The molecule has 1 atom stereocenters. The van der Waals surface area contributed by atoms with E-state index in [1.807, 2.05) is 25.7 Å². The van der Waals surface area contributed by atoms with Gasteiger partial charge in [-0.2, -0.15) is 0 Å². The number of hydrogen-bond donors (Lipinski definition) is 0. The number of nitrogens with zero attached hydrogens (tertiary/aromatic N) is 2. The molecular weight excluding hydrogens is 343 g/mol.